The van der Waals surface area contributed by atoms with E-state index in [1.807, 2.05) is 131 Å². The van der Waals surface area contributed by atoms with Gasteiger partial charge < -0.3 is 14.2 Å². The molecule has 0 saturated carbocycles. The number of esters is 1. The fourth-order valence-electron chi connectivity index (χ4n) is 11.3. The molecule has 4 aromatic heterocycles. The molecule has 8 heterocycles. The Morgan fingerprint density at radius 3 is 1.46 bits per heavy atom. The van der Waals surface area contributed by atoms with Gasteiger partial charge in [0.1, 0.15) is 28.9 Å². The average molecular weight is 1260 g/mol. The van der Waals surface area contributed by atoms with Crippen molar-refractivity contribution in [2.24, 2.45) is 0 Å². The highest BCUT2D eigenvalue weighted by atomic mass is 16.5. The second-order valence-corrected chi connectivity index (χ2v) is 28.8. The van der Waals surface area contributed by atoms with E-state index in [2.05, 4.69) is 177 Å². The summed E-state index contributed by atoms with van der Waals surface area (Å²) in [5, 5.41) is 18.7. The maximum absolute atomic E-state index is 13.4. The van der Waals surface area contributed by atoms with Gasteiger partial charge >= 0.3 is 5.97 Å². The first-order chi connectivity index (χ1) is 44.9. The molecule has 6 aromatic carbocycles. The van der Waals surface area contributed by atoms with Crippen LogP contribution in [0.25, 0.3) is 45.7 Å². The summed E-state index contributed by atoms with van der Waals surface area (Å²) >= 11 is 0. The lowest BCUT2D eigenvalue weighted by atomic mass is 9.80. The molecule has 0 spiro atoms. The van der Waals surface area contributed by atoms with Crippen molar-refractivity contribution in [1.29, 1.82) is 0 Å². The summed E-state index contributed by atoms with van der Waals surface area (Å²) in [5.41, 5.74) is 16.8. The minimum absolute atomic E-state index is 0.00650. The van der Waals surface area contributed by atoms with E-state index in [-0.39, 0.29) is 27.6 Å². The standard InChI is InChI=1S/C41H43N3O4.C40H50N6/c1-46-41(45)40(28-31-12-6-5-7-13-31)44-29-32-18-22-35(23-19-32)47-26-8-3-2-4-9-27-48-36-24-20-33(21-25-36)37-15-11-17-39(43-37)38-16-10-14-34(30-44)42-38;1-37(2,3)28-19-29(38(4,5)6)22-32(21-28)45-25-35(41-43-45)34(18-27-16-14-13-15-17-27)36-26-46(44-42-36)33-23-30(39(7,8)9)20-31(24-33)40(10,11)12/h5-7,10-25,40H,2-4,8-9,26-30H2,1H3;13-26H,1-12H3/t40-;/m0./s1. The lowest BCUT2D eigenvalue weighted by molar-refractivity contribution is -0.147. The third-order valence-electron chi connectivity index (χ3n) is 17.1. The van der Waals surface area contributed by atoms with E-state index in [0.29, 0.717) is 32.7 Å². The van der Waals surface area contributed by atoms with E-state index in [4.69, 9.17) is 34.4 Å². The van der Waals surface area contributed by atoms with Crippen molar-refractivity contribution in [3.63, 3.8) is 0 Å². The molecule has 0 unspecified atom stereocenters. The smallest absolute Gasteiger partial charge is 0.323 e. The number of nitrogens with zero attached hydrogens (tertiary/aromatic N) is 9. The molecule has 486 valence electrons. The molecule has 0 saturated heterocycles. The Bertz CT molecular complexity index is 3960. The van der Waals surface area contributed by atoms with Gasteiger partial charge in [0.15, 0.2) is 0 Å². The molecule has 4 aliphatic rings. The van der Waals surface area contributed by atoms with E-state index in [1.165, 1.54) is 29.4 Å². The molecule has 0 aliphatic carbocycles. The Hall–Kier alpha value is -9.33. The Labute approximate surface area is 557 Å². The van der Waals surface area contributed by atoms with Crippen LogP contribution in [-0.4, -0.2) is 77.2 Å². The van der Waals surface area contributed by atoms with Crippen LogP contribution in [0.3, 0.4) is 0 Å². The molecule has 14 rings (SSSR count). The largest absolute Gasteiger partial charge is 0.494 e. The van der Waals surface area contributed by atoms with Crippen molar-refractivity contribution in [2.75, 3.05) is 20.3 Å². The Balaban J connectivity index is 0.000000205. The number of ether oxygens (including phenoxy) is 3. The second kappa shape index (κ2) is 29.7. The minimum Gasteiger partial charge on any atom is -0.494 e. The molecule has 4 aliphatic heterocycles. The number of pyridine rings is 2. The van der Waals surface area contributed by atoms with Gasteiger partial charge in [-0.25, -0.2) is 19.3 Å². The second-order valence-electron chi connectivity index (χ2n) is 28.8. The quantitative estimate of drug-likeness (QED) is 0.128. The Morgan fingerprint density at radius 2 is 0.957 bits per heavy atom. The van der Waals surface area contributed by atoms with Gasteiger partial charge in [-0.15, -0.1) is 10.2 Å². The third-order valence-corrected chi connectivity index (χ3v) is 17.1. The monoisotopic (exact) mass is 1260 g/mol. The van der Waals surface area contributed by atoms with E-state index in [1.54, 1.807) is 0 Å². The fourth-order valence-corrected chi connectivity index (χ4v) is 11.3. The molecule has 13 nitrogen and oxygen atoms in total. The lowest BCUT2D eigenvalue weighted by Crippen LogP contribution is -2.42. The number of aromatic nitrogens is 8. The van der Waals surface area contributed by atoms with Crippen LogP contribution in [0, 0.1) is 0 Å². The highest BCUT2D eigenvalue weighted by molar-refractivity contribution is 5.88. The van der Waals surface area contributed by atoms with Gasteiger partial charge in [0.05, 0.1) is 66.9 Å². The Kier molecular flexibility index (Phi) is 21.4. The Morgan fingerprint density at radius 1 is 0.500 bits per heavy atom. The van der Waals surface area contributed by atoms with Gasteiger partial charge in [-0.2, -0.15) is 0 Å². The first kappa shape index (κ1) is 67.6. The van der Waals surface area contributed by atoms with Gasteiger partial charge in [0.2, 0.25) is 0 Å². The van der Waals surface area contributed by atoms with E-state index in [9.17, 15) is 4.79 Å². The number of hydrogen-bond acceptors (Lipinski definition) is 11. The number of carbonyl (C=O) groups is 1. The van der Waals surface area contributed by atoms with Crippen LogP contribution in [0.15, 0.2) is 194 Å². The number of benzene rings is 6. The summed E-state index contributed by atoms with van der Waals surface area (Å²) in [7, 11) is 1.45. The van der Waals surface area contributed by atoms with E-state index >= 15 is 0 Å². The van der Waals surface area contributed by atoms with Gasteiger partial charge in [0.25, 0.3) is 0 Å². The zero-order valence-corrected chi connectivity index (χ0v) is 57.4. The predicted octanol–water partition coefficient (Wildman–Crippen LogP) is 17.9. The van der Waals surface area contributed by atoms with Crippen LogP contribution >= 0.6 is 0 Å². The van der Waals surface area contributed by atoms with Crippen molar-refractivity contribution in [2.45, 2.75) is 162 Å². The maximum Gasteiger partial charge on any atom is 0.323 e. The SMILES string of the molecule is CC(C)(C)c1cc(-n2cc(C(=Cc3ccccc3)c3cn(-c4cc(C(C)(C)C)cc(C(C)(C)C)c4)nn3)nn2)cc(C(C)(C)C)c1.COC(=O)[C@H](Cc1ccccc1)N1Cc2ccc(cc2)OCCCCCCCOc2ccc(cc2)-c2cccc(n2)-c2cccc(n2)C1. The number of hydrogen-bond donors (Lipinski definition) is 0. The topological polar surface area (TPSA) is 135 Å². The van der Waals surface area contributed by atoms with Crippen LogP contribution in [0.2, 0.25) is 0 Å². The molecular weight excluding hydrogens is 1160 g/mol. The van der Waals surface area contributed by atoms with Crippen molar-refractivity contribution >= 4 is 17.6 Å². The molecule has 0 fully saturated rings. The summed E-state index contributed by atoms with van der Waals surface area (Å²) in [6.45, 7) is 29.3. The molecule has 13 heteroatoms. The number of rotatable bonds is 9. The summed E-state index contributed by atoms with van der Waals surface area (Å²) < 4.78 is 21.2. The first-order valence-corrected chi connectivity index (χ1v) is 33.1. The van der Waals surface area contributed by atoms with Crippen LogP contribution in [0.5, 0.6) is 11.5 Å². The van der Waals surface area contributed by atoms with Crippen LogP contribution in [0.1, 0.15) is 171 Å². The summed E-state index contributed by atoms with van der Waals surface area (Å²) in [4.78, 5) is 25.5. The lowest BCUT2D eigenvalue weighted by Gasteiger charge is -2.30. The zero-order chi connectivity index (χ0) is 66.6. The normalized spacial score (nSPS) is 14.0. The predicted molar refractivity (Wildman–Crippen MR) is 380 cm³/mol. The van der Waals surface area contributed by atoms with E-state index in [0.717, 1.165) is 117 Å². The maximum atomic E-state index is 13.4. The fraction of sp³-hybridized carbons (Fsp3) is 0.346. The number of methoxy groups -OCH3 is 1. The van der Waals surface area contributed by atoms with Gasteiger partial charge in [-0.1, -0.05) is 210 Å². The van der Waals surface area contributed by atoms with Crippen LogP contribution in [-0.2, 0) is 50.7 Å². The molecular formula is C81H93N9O4. The van der Waals surface area contributed by atoms with E-state index < -0.39 is 6.04 Å². The highest BCUT2D eigenvalue weighted by Crippen LogP contribution is 2.35. The van der Waals surface area contributed by atoms with Crippen molar-refractivity contribution in [3.8, 4) is 45.5 Å². The molecule has 0 N–H and O–H groups in total. The molecule has 10 aromatic rings. The average Bonchev–Trinajstić information content (AvgIpc) is 1.42. The summed E-state index contributed by atoms with van der Waals surface area (Å²) in [5.74, 6) is 1.44. The highest BCUT2D eigenvalue weighted by Gasteiger charge is 2.29. The zero-order valence-electron chi connectivity index (χ0n) is 57.4. The van der Waals surface area contributed by atoms with Crippen molar-refractivity contribution in [3.05, 3.63) is 250 Å². The van der Waals surface area contributed by atoms with Crippen molar-refractivity contribution in [1.82, 2.24) is 44.9 Å². The number of carbonyl (C=O) groups excluding carboxylic acids is 1. The van der Waals surface area contributed by atoms with Gasteiger partial charge in [-0.3, -0.25) is 9.69 Å². The minimum atomic E-state index is -0.515. The van der Waals surface area contributed by atoms with Crippen LogP contribution < -0.4 is 9.47 Å². The molecule has 0 amide bonds. The summed E-state index contributed by atoms with van der Waals surface area (Å²) in [6, 6.07) is 61.7. The molecule has 1 atom stereocenters. The van der Waals surface area contributed by atoms with Gasteiger partial charge in [0, 0.05) is 24.2 Å². The third kappa shape index (κ3) is 18.1. The van der Waals surface area contributed by atoms with Crippen LogP contribution in [0.4, 0.5) is 0 Å². The van der Waals surface area contributed by atoms with Crippen molar-refractivity contribution < 1.29 is 19.0 Å². The summed E-state index contributed by atoms with van der Waals surface area (Å²) in [6.07, 6.45) is 12.1. The van der Waals surface area contributed by atoms with Gasteiger partial charge in [-0.05, 0) is 171 Å². The molecule has 8 bridgehead atoms. The first-order valence-electron chi connectivity index (χ1n) is 33.1. The molecule has 94 heavy (non-hydrogen) atoms. The molecule has 0 radical (unpaired) electrons.